The molecule has 27 heavy (non-hydrogen) atoms. The van der Waals surface area contributed by atoms with Gasteiger partial charge in [0.05, 0.1) is 26.7 Å². The van der Waals surface area contributed by atoms with Crippen LogP contribution < -0.4 is 9.47 Å². The molecular weight excluding hydrogens is 340 g/mol. The zero-order valence-corrected chi connectivity index (χ0v) is 16.3. The number of ether oxygens (including phenoxy) is 3. The van der Waals surface area contributed by atoms with Crippen LogP contribution in [0.15, 0.2) is 48.5 Å². The van der Waals surface area contributed by atoms with E-state index in [1.54, 1.807) is 7.11 Å². The van der Waals surface area contributed by atoms with Crippen molar-refractivity contribution in [3.8, 4) is 11.5 Å². The fourth-order valence-corrected chi connectivity index (χ4v) is 3.65. The summed E-state index contributed by atoms with van der Waals surface area (Å²) in [6.07, 6.45) is 2.95. The van der Waals surface area contributed by atoms with Gasteiger partial charge < -0.3 is 14.2 Å². The van der Waals surface area contributed by atoms with Gasteiger partial charge in [0, 0.05) is 0 Å². The summed E-state index contributed by atoms with van der Waals surface area (Å²) in [7, 11) is 3.13. The molecule has 2 aromatic rings. The molecule has 4 heteroatoms. The molecule has 0 bridgehead atoms. The van der Waals surface area contributed by atoms with Crippen LogP contribution in [0.5, 0.6) is 11.5 Å². The smallest absolute Gasteiger partial charge is 0.308 e. The molecule has 0 saturated heterocycles. The lowest BCUT2D eigenvalue weighted by Gasteiger charge is -2.35. The molecule has 1 fully saturated rings. The summed E-state index contributed by atoms with van der Waals surface area (Å²) in [6.45, 7) is 2.61. The van der Waals surface area contributed by atoms with Crippen LogP contribution in [-0.2, 0) is 16.0 Å². The van der Waals surface area contributed by atoms with Gasteiger partial charge >= 0.3 is 5.97 Å². The first kappa shape index (κ1) is 19.3. The minimum atomic E-state index is -0.181. The fraction of sp³-hybridized carbons (Fsp3) is 0.435. The predicted molar refractivity (Wildman–Crippen MR) is 105 cm³/mol. The number of carbonyl (C=O) groups excluding carboxylic acids is 1. The fourth-order valence-electron chi connectivity index (χ4n) is 3.65. The Kier molecular flexibility index (Phi) is 6.38. The van der Waals surface area contributed by atoms with Crippen LogP contribution in [0.1, 0.15) is 36.8 Å². The zero-order valence-electron chi connectivity index (χ0n) is 16.3. The third kappa shape index (κ3) is 5.03. The van der Waals surface area contributed by atoms with Gasteiger partial charge in [0.2, 0.25) is 0 Å². The van der Waals surface area contributed by atoms with Crippen molar-refractivity contribution >= 4 is 5.97 Å². The van der Waals surface area contributed by atoms with Crippen molar-refractivity contribution in [2.75, 3.05) is 20.8 Å². The summed E-state index contributed by atoms with van der Waals surface area (Å²) >= 11 is 0. The highest BCUT2D eigenvalue weighted by atomic mass is 16.5. The number of carbonyl (C=O) groups is 1. The second-order valence-electron chi connectivity index (χ2n) is 7.40. The maximum absolute atomic E-state index is 11.6. The number of hydrogen-bond donors (Lipinski definition) is 0. The van der Waals surface area contributed by atoms with E-state index in [1.807, 2.05) is 37.3 Å². The molecule has 0 radical (unpaired) electrons. The van der Waals surface area contributed by atoms with Crippen LogP contribution in [0.25, 0.3) is 0 Å². The summed E-state index contributed by atoms with van der Waals surface area (Å²) in [5.74, 6) is 2.64. The molecule has 1 aliphatic rings. The summed E-state index contributed by atoms with van der Waals surface area (Å²) in [5, 5.41) is 0. The molecule has 2 aromatic carbocycles. The van der Waals surface area contributed by atoms with Crippen LogP contribution >= 0.6 is 0 Å². The molecule has 144 valence electrons. The van der Waals surface area contributed by atoms with Crippen LogP contribution in [0.2, 0.25) is 0 Å². The van der Waals surface area contributed by atoms with Gasteiger partial charge in [-0.1, -0.05) is 31.2 Å². The van der Waals surface area contributed by atoms with Crippen LogP contribution in [0.4, 0.5) is 0 Å². The Bertz CT molecular complexity index is 764. The van der Waals surface area contributed by atoms with Crippen molar-refractivity contribution in [2.24, 2.45) is 11.8 Å². The average Bonchev–Trinajstić information content (AvgIpc) is 2.66. The minimum Gasteiger partial charge on any atom is -0.497 e. The molecule has 0 spiro atoms. The number of methoxy groups -OCH3 is 2. The summed E-state index contributed by atoms with van der Waals surface area (Å²) < 4.78 is 16.1. The van der Waals surface area contributed by atoms with E-state index >= 15 is 0 Å². The molecule has 4 nitrogen and oxygen atoms in total. The molecule has 1 aliphatic carbocycles. The van der Waals surface area contributed by atoms with E-state index in [-0.39, 0.29) is 11.9 Å². The summed E-state index contributed by atoms with van der Waals surface area (Å²) in [5.41, 5.74) is 2.44. The number of esters is 1. The van der Waals surface area contributed by atoms with Crippen molar-refractivity contribution in [2.45, 2.75) is 32.1 Å². The maximum atomic E-state index is 11.6. The quantitative estimate of drug-likeness (QED) is 0.638. The van der Waals surface area contributed by atoms with Gasteiger partial charge in [-0.3, -0.25) is 4.79 Å². The number of hydrogen-bond acceptors (Lipinski definition) is 4. The Labute approximate surface area is 161 Å². The average molecular weight is 368 g/mol. The van der Waals surface area contributed by atoms with Crippen LogP contribution in [0, 0.1) is 11.8 Å². The van der Waals surface area contributed by atoms with Gasteiger partial charge in [-0.2, -0.15) is 0 Å². The van der Waals surface area contributed by atoms with E-state index in [2.05, 4.69) is 18.2 Å². The van der Waals surface area contributed by atoms with E-state index in [1.165, 1.54) is 12.7 Å². The highest BCUT2D eigenvalue weighted by Gasteiger charge is 2.31. The first-order valence-electron chi connectivity index (χ1n) is 9.52. The number of benzene rings is 2. The van der Waals surface area contributed by atoms with Crippen LogP contribution in [0.3, 0.4) is 0 Å². The summed E-state index contributed by atoms with van der Waals surface area (Å²) in [6, 6.07) is 16.4. The van der Waals surface area contributed by atoms with Crippen molar-refractivity contribution < 1.29 is 19.0 Å². The van der Waals surface area contributed by atoms with Crippen molar-refractivity contribution in [1.82, 2.24) is 0 Å². The van der Waals surface area contributed by atoms with Gasteiger partial charge in [-0.05, 0) is 66.5 Å². The van der Waals surface area contributed by atoms with E-state index < -0.39 is 0 Å². The van der Waals surface area contributed by atoms with Crippen LogP contribution in [-0.4, -0.2) is 26.8 Å². The third-order valence-corrected chi connectivity index (χ3v) is 5.33. The molecule has 0 heterocycles. The molecule has 0 N–H and O–H groups in total. The largest absolute Gasteiger partial charge is 0.497 e. The maximum Gasteiger partial charge on any atom is 0.308 e. The standard InChI is InChI=1S/C23H28O4/c1-16(23(24)26-3)10-17-6-4-9-22(13-17)27-15-18-11-20(12-18)19-7-5-8-21(14-19)25-2/h4-9,13-14,16,18,20H,10-12,15H2,1-3H3. The predicted octanol–water partition coefficient (Wildman–Crippen LogP) is 4.62. The highest BCUT2D eigenvalue weighted by molar-refractivity contribution is 5.72. The number of rotatable bonds is 8. The molecular formula is C23H28O4. The van der Waals surface area contributed by atoms with E-state index in [9.17, 15) is 4.79 Å². The molecule has 0 aliphatic heterocycles. The third-order valence-electron chi connectivity index (χ3n) is 5.33. The second-order valence-corrected chi connectivity index (χ2v) is 7.40. The Morgan fingerprint density at radius 2 is 1.81 bits per heavy atom. The topological polar surface area (TPSA) is 44.8 Å². The SMILES string of the molecule is COC(=O)C(C)Cc1cccc(OCC2CC(c3cccc(OC)c3)C2)c1. The Morgan fingerprint density at radius 1 is 1.07 bits per heavy atom. The van der Waals surface area contributed by atoms with E-state index in [0.29, 0.717) is 18.3 Å². The lowest BCUT2D eigenvalue weighted by atomic mass is 9.72. The summed E-state index contributed by atoms with van der Waals surface area (Å²) in [4.78, 5) is 11.6. The lowest BCUT2D eigenvalue weighted by Crippen LogP contribution is -2.27. The molecule has 1 atom stereocenters. The molecule has 3 rings (SSSR count). The van der Waals surface area contributed by atoms with E-state index in [0.717, 1.165) is 36.5 Å². The monoisotopic (exact) mass is 368 g/mol. The van der Waals surface area contributed by atoms with Crippen molar-refractivity contribution in [3.05, 3.63) is 59.7 Å². The van der Waals surface area contributed by atoms with E-state index in [4.69, 9.17) is 14.2 Å². The minimum absolute atomic E-state index is 0.152. The molecule has 1 unspecified atom stereocenters. The Morgan fingerprint density at radius 3 is 2.56 bits per heavy atom. The van der Waals surface area contributed by atoms with Gasteiger partial charge in [-0.15, -0.1) is 0 Å². The molecule has 1 saturated carbocycles. The highest BCUT2D eigenvalue weighted by Crippen LogP contribution is 2.42. The first-order chi connectivity index (χ1) is 13.1. The van der Waals surface area contributed by atoms with Gasteiger partial charge in [0.25, 0.3) is 0 Å². The van der Waals surface area contributed by atoms with Gasteiger partial charge in [-0.25, -0.2) is 0 Å². The molecule has 0 amide bonds. The van der Waals surface area contributed by atoms with Crippen molar-refractivity contribution in [1.29, 1.82) is 0 Å². The zero-order chi connectivity index (χ0) is 19.2. The molecule has 0 aromatic heterocycles. The second kappa shape index (κ2) is 8.94. The van der Waals surface area contributed by atoms with Gasteiger partial charge in [0.1, 0.15) is 11.5 Å². The van der Waals surface area contributed by atoms with Gasteiger partial charge in [0.15, 0.2) is 0 Å². The van der Waals surface area contributed by atoms with Crippen molar-refractivity contribution in [3.63, 3.8) is 0 Å². The Balaban J connectivity index is 1.47. The first-order valence-corrected chi connectivity index (χ1v) is 9.52. The Hall–Kier alpha value is -2.49. The lowest BCUT2D eigenvalue weighted by molar-refractivity contribution is -0.144. The normalized spacial score (nSPS) is 19.7.